The molecule has 3 N–H and O–H groups in total. The molecule has 3 nitrogen and oxygen atoms in total. The minimum atomic E-state index is -0.496. The van der Waals surface area contributed by atoms with E-state index in [4.69, 9.17) is 17.3 Å². The van der Waals surface area contributed by atoms with Crippen molar-refractivity contribution < 1.29 is 9.18 Å². The van der Waals surface area contributed by atoms with Gasteiger partial charge in [-0.1, -0.05) is 24.4 Å². The third-order valence-corrected chi connectivity index (χ3v) is 3.90. The number of benzene rings is 1. The van der Waals surface area contributed by atoms with Crippen LogP contribution in [-0.4, -0.2) is 12.5 Å². The molecule has 106 valence electrons. The van der Waals surface area contributed by atoms with E-state index in [-0.39, 0.29) is 23.3 Å². The van der Waals surface area contributed by atoms with Crippen molar-refractivity contribution in [3.63, 3.8) is 0 Å². The lowest BCUT2D eigenvalue weighted by atomic mass is 9.85. The fourth-order valence-corrected chi connectivity index (χ4v) is 2.59. The molecule has 1 saturated carbocycles. The number of rotatable bonds is 3. The standard InChI is InChI=1S/C13H16ClFN2O.ClH/c14-10-7-9(3-4-11(10)15)17-12(18)13(8-16)5-1-2-6-13;/h3-4,7H,1-2,5-6,8,16H2,(H,17,18);1H. The number of nitrogens with one attached hydrogen (secondary N) is 1. The highest BCUT2D eigenvalue weighted by Crippen LogP contribution is 2.38. The van der Waals surface area contributed by atoms with Gasteiger partial charge in [-0.05, 0) is 31.0 Å². The minimum Gasteiger partial charge on any atom is -0.329 e. The average molecular weight is 307 g/mol. The summed E-state index contributed by atoms with van der Waals surface area (Å²) in [6.45, 7) is 0.341. The molecular weight excluding hydrogens is 290 g/mol. The van der Waals surface area contributed by atoms with E-state index in [0.717, 1.165) is 25.7 Å². The van der Waals surface area contributed by atoms with Crippen molar-refractivity contribution in [1.29, 1.82) is 0 Å². The van der Waals surface area contributed by atoms with Gasteiger partial charge in [-0.2, -0.15) is 0 Å². The molecule has 6 heteroatoms. The lowest BCUT2D eigenvalue weighted by molar-refractivity contribution is -0.124. The van der Waals surface area contributed by atoms with Crippen LogP contribution in [0, 0.1) is 11.2 Å². The summed E-state index contributed by atoms with van der Waals surface area (Å²) in [5.41, 5.74) is 5.76. The van der Waals surface area contributed by atoms with Gasteiger partial charge < -0.3 is 11.1 Å². The van der Waals surface area contributed by atoms with E-state index < -0.39 is 11.2 Å². The average Bonchev–Trinajstić information content (AvgIpc) is 2.84. The zero-order valence-electron chi connectivity index (χ0n) is 10.4. The molecule has 0 aromatic heterocycles. The molecule has 0 atom stereocenters. The molecule has 0 heterocycles. The highest BCUT2D eigenvalue weighted by Gasteiger charge is 2.39. The van der Waals surface area contributed by atoms with Crippen molar-refractivity contribution in [2.24, 2.45) is 11.1 Å². The first kappa shape index (κ1) is 16.2. The normalized spacial score (nSPS) is 16.8. The van der Waals surface area contributed by atoms with Crippen LogP contribution in [0.4, 0.5) is 10.1 Å². The van der Waals surface area contributed by atoms with Crippen LogP contribution >= 0.6 is 24.0 Å². The van der Waals surface area contributed by atoms with Crippen LogP contribution in [0.5, 0.6) is 0 Å². The lowest BCUT2D eigenvalue weighted by Crippen LogP contribution is -2.40. The quantitative estimate of drug-likeness (QED) is 0.899. The Balaban J connectivity index is 0.00000180. The van der Waals surface area contributed by atoms with Gasteiger partial charge >= 0.3 is 0 Å². The molecule has 1 amide bonds. The Hall–Kier alpha value is -0.840. The van der Waals surface area contributed by atoms with Crippen LogP contribution in [0.1, 0.15) is 25.7 Å². The van der Waals surface area contributed by atoms with Gasteiger partial charge in [-0.15, -0.1) is 12.4 Å². The van der Waals surface area contributed by atoms with E-state index in [9.17, 15) is 9.18 Å². The van der Waals surface area contributed by atoms with Crippen LogP contribution in [0.3, 0.4) is 0 Å². The molecule has 1 aromatic rings. The zero-order chi connectivity index (χ0) is 13.2. The summed E-state index contributed by atoms with van der Waals surface area (Å²) in [7, 11) is 0. The molecule has 0 radical (unpaired) electrons. The Morgan fingerprint density at radius 1 is 1.42 bits per heavy atom. The number of hydrogen-bond acceptors (Lipinski definition) is 2. The van der Waals surface area contributed by atoms with Crippen molar-refractivity contribution in [3.05, 3.63) is 29.0 Å². The van der Waals surface area contributed by atoms with Crippen molar-refractivity contribution >= 4 is 35.6 Å². The predicted octanol–water partition coefficient (Wildman–Crippen LogP) is 3.36. The van der Waals surface area contributed by atoms with Gasteiger partial charge in [0.1, 0.15) is 5.82 Å². The van der Waals surface area contributed by atoms with Crippen molar-refractivity contribution in [1.82, 2.24) is 0 Å². The highest BCUT2D eigenvalue weighted by molar-refractivity contribution is 6.31. The molecule has 0 unspecified atom stereocenters. The first-order chi connectivity index (χ1) is 8.57. The van der Waals surface area contributed by atoms with Gasteiger partial charge in [-0.3, -0.25) is 4.79 Å². The molecule has 0 aliphatic heterocycles. The zero-order valence-corrected chi connectivity index (χ0v) is 12.0. The van der Waals surface area contributed by atoms with Crippen molar-refractivity contribution in [3.8, 4) is 0 Å². The van der Waals surface area contributed by atoms with E-state index in [1.807, 2.05) is 0 Å². The predicted molar refractivity (Wildman–Crippen MR) is 77.2 cm³/mol. The van der Waals surface area contributed by atoms with E-state index >= 15 is 0 Å². The molecule has 2 rings (SSSR count). The number of halogens is 3. The minimum absolute atomic E-state index is 0. The summed E-state index contributed by atoms with van der Waals surface area (Å²) in [6, 6.07) is 4.15. The number of carbonyl (C=O) groups excluding carboxylic acids is 1. The molecule has 0 saturated heterocycles. The van der Waals surface area contributed by atoms with Crippen LogP contribution in [-0.2, 0) is 4.79 Å². The Labute approximate surface area is 123 Å². The SMILES string of the molecule is Cl.NCC1(C(=O)Nc2ccc(F)c(Cl)c2)CCCC1. The fourth-order valence-electron chi connectivity index (χ4n) is 2.41. The van der Waals surface area contributed by atoms with Crippen molar-refractivity contribution in [2.75, 3.05) is 11.9 Å². The number of carbonyl (C=O) groups is 1. The third kappa shape index (κ3) is 3.38. The topological polar surface area (TPSA) is 55.1 Å². The van der Waals surface area contributed by atoms with Gasteiger partial charge in [0.2, 0.25) is 5.91 Å². The van der Waals surface area contributed by atoms with Gasteiger partial charge in [0.15, 0.2) is 0 Å². The van der Waals surface area contributed by atoms with E-state index in [1.54, 1.807) is 0 Å². The summed E-state index contributed by atoms with van der Waals surface area (Å²) >= 11 is 5.67. The Bertz CT molecular complexity index is 462. The maximum Gasteiger partial charge on any atom is 0.231 e. The van der Waals surface area contributed by atoms with Crippen LogP contribution < -0.4 is 11.1 Å². The van der Waals surface area contributed by atoms with Crippen LogP contribution in [0.2, 0.25) is 5.02 Å². The van der Waals surface area contributed by atoms with Gasteiger partial charge in [0.25, 0.3) is 0 Å². The maximum absolute atomic E-state index is 13.0. The summed E-state index contributed by atoms with van der Waals surface area (Å²) in [5.74, 6) is -0.589. The Morgan fingerprint density at radius 3 is 2.58 bits per heavy atom. The number of anilines is 1. The summed E-state index contributed by atoms with van der Waals surface area (Å²) < 4.78 is 13.0. The maximum atomic E-state index is 13.0. The van der Waals surface area contributed by atoms with E-state index in [0.29, 0.717) is 12.2 Å². The summed E-state index contributed by atoms with van der Waals surface area (Å²) in [5, 5.41) is 2.77. The summed E-state index contributed by atoms with van der Waals surface area (Å²) in [6.07, 6.45) is 3.66. The third-order valence-electron chi connectivity index (χ3n) is 3.61. The Morgan fingerprint density at radius 2 is 2.05 bits per heavy atom. The molecule has 0 spiro atoms. The number of hydrogen-bond donors (Lipinski definition) is 2. The number of amides is 1. The first-order valence-corrected chi connectivity index (χ1v) is 6.42. The Kier molecular flexibility index (Phi) is 5.59. The van der Waals surface area contributed by atoms with Crippen LogP contribution in [0.25, 0.3) is 0 Å². The van der Waals surface area contributed by atoms with Gasteiger partial charge in [-0.25, -0.2) is 4.39 Å². The van der Waals surface area contributed by atoms with Gasteiger partial charge in [0.05, 0.1) is 10.4 Å². The smallest absolute Gasteiger partial charge is 0.231 e. The molecule has 19 heavy (non-hydrogen) atoms. The van der Waals surface area contributed by atoms with Gasteiger partial charge in [0, 0.05) is 12.2 Å². The molecule has 0 bridgehead atoms. The van der Waals surface area contributed by atoms with Crippen molar-refractivity contribution in [2.45, 2.75) is 25.7 Å². The molecular formula is C13H17Cl2FN2O. The highest BCUT2D eigenvalue weighted by atomic mass is 35.5. The summed E-state index contributed by atoms with van der Waals surface area (Å²) in [4.78, 5) is 12.2. The largest absolute Gasteiger partial charge is 0.329 e. The second kappa shape index (κ2) is 6.55. The molecule has 1 aromatic carbocycles. The molecule has 1 fully saturated rings. The molecule has 1 aliphatic rings. The van der Waals surface area contributed by atoms with E-state index in [1.165, 1.54) is 18.2 Å². The molecule has 1 aliphatic carbocycles. The van der Waals surface area contributed by atoms with E-state index in [2.05, 4.69) is 5.32 Å². The second-order valence-corrected chi connectivity index (χ2v) is 5.18. The fraction of sp³-hybridized carbons (Fsp3) is 0.462. The second-order valence-electron chi connectivity index (χ2n) is 4.77. The first-order valence-electron chi connectivity index (χ1n) is 6.04. The lowest BCUT2D eigenvalue weighted by Gasteiger charge is -2.25. The van der Waals surface area contributed by atoms with Crippen LogP contribution in [0.15, 0.2) is 18.2 Å². The monoisotopic (exact) mass is 306 g/mol. The number of nitrogens with two attached hydrogens (primary N) is 1.